The van der Waals surface area contributed by atoms with Gasteiger partial charge in [0.2, 0.25) is 0 Å². The van der Waals surface area contributed by atoms with Crippen molar-refractivity contribution in [2.24, 2.45) is 7.05 Å². The molecule has 17 heavy (non-hydrogen) atoms. The standard InChI is InChI=1S/C10H14N4O2S/c1-4-14-9-8(6(2)12-13(9)3)11-10(14)17-5-7(15)16/h4-5H2,1-3H3,(H,15,16). The topological polar surface area (TPSA) is 72.9 Å². The minimum absolute atomic E-state index is 0.0236. The fourth-order valence-corrected chi connectivity index (χ4v) is 2.62. The van der Waals surface area contributed by atoms with E-state index >= 15 is 0 Å². The van der Waals surface area contributed by atoms with E-state index in [1.54, 1.807) is 4.68 Å². The molecule has 7 heteroatoms. The number of hydrogen-bond acceptors (Lipinski definition) is 4. The Morgan fingerprint density at radius 1 is 1.53 bits per heavy atom. The Bertz CT molecular complexity index is 572. The quantitative estimate of drug-likeness (QED) is 0.832. The second-order valence-corrected chi connectivity index (χ2v) is 4.64. The number of nitrogens with zero attached hydrogens (tertiary/aromatic N) is 4. The van der Waals surface area contributed by atoms with Crippen LogP contribution in [-0.2, 0) is 18.4 Å². The number of fused-ring (bicyclic) bond motifs is 1. The molecular weight excluding hydrogens is 240 g/mol. The number of thioether (sulfide) groups is 1. The second-order valence-electron chi connectivity index (χ2n) is 3.70. The summed E-state index contributed by atoms with van der Waals surface area (Å²) in [7, 11) is 1.87. The first-order chi connectivity index (χ1) is 8.04. The molecule has 2 heterocycles. The summed E-state index contributed by atoms with van der Waals surface area (Å²) in [6.45, 7) is 4.66. The number of rotatable bonds is 4. The van der Waals surface area contributed by atoms with Crippen LogP contribution in [0.1, 0.15) is 12.6 Å². The molecule has 0 spiro atoms. The van der Waals surface area contributed by atoms with Crippen LogP contribution in [0.15, 0.2) is 5.16 Å². The Hall–Kier alpha value is -1.50. The van der Waals surface area contributed by atoms with Crippen LogP contribution in [0, 0.1) is 6.92 Å². The van der Waals surface area contributed by atoms with Gasteiger partial charge in [0.25, 0.3) is 0 Å². The largest absolute Gasteiger partial charge is 0.481 e. The smallest absolute Gasteiger partial charge is 0.313 e. The second kappa shape index (κ2) is 4.40. The third-order valence-electron chi connectivity index (χ3n) is 2.50. The Kier molecular flexibility index (Phi) is 3.10. The van der Waals surface area contributed by atoms with E-state index < -0.39 is 5.97 Å². The zero-order valence-electron chi connectivity index (χ0n) is 9.97. The summed E-state index contributed by atoms with van der Waals surface area (Å²) in [6.07, 6.45) is 0. The van der Waals surface area contributed by atoms with Gasteiger partial charge < -0.3 is 9.67 Å². The highest BCUT2D eigenvalue weighted by molar-refractivity contribution is 7.99. The van der Waals surface area contributed by atoms with Crippen LogP contribution in [0.4, 0.5) is 0 Å². The van der Waals surface area contributed by atoms with Crippen LogP contribution in [0.3, 0.4) is 0 Å². The monoisotopic (exact) mass is 254 g/mol. The van der Waals surface area contributed by atoms with E-state index in [2.05, 4.69) is 10.1 Å². The molecule has 6 nitrogen and oxygen atoms in total. The molecule has 0 aromatic carbocycles. The summed E-state index contributed by atoms with van der Waals surface area (Å²) < 4.78 is 3.77. The van der Waals surface area contributed by atoms with Gasteiger partial charge in [-0.05, 0) is 13.8 Å². The maximum Gasteiger partial charge on any atom is 0.313 e. The molecule has 2 aromatic rings. The van der Waals surface area contributed by atoms with E-state index in [0.29, 0.717) is 0 Å². The SMILES string of the molecule is CCn1c(SCC(=O)O)nc2c(C)nn(C)c21. The molecule has 0 radical (unpaired) electrons. The number of hydrogen-bond donors (Lipinski definition) is 1. The minimum Gasteiger partial charge on any atom is -0.481 e. The van der Waals surface area contributed by atoms with Crippen molar-refractivity contribution in [2.45, 2.75) is 25.5 Å². The van der Waals surface area contributed by atoms with Crippen LogP contribution in [0.2, 0.25) is 0 Å². The van der Waals surface area contributed by atoms with E-state index in [-0.39, 0.29) is 5.75 Å². The summed E-state index contributed by atoms with van der Waals surface area (Å²) in [5.41, 5.74) is 2.66. The van der Waals surface area contributed by atoms with E-state index in [1.807, 2.05) is 25.5 Å². The highest BCUT2D eigenvalue weighted by Gasteiger charge is 2.17. The summed E-state index contributed by atoms with van der Waals surface area (Å²) in [4.78, 5) is 15.0. The molecule has 1 N–H and O–H groups in total. The van der Waals surface area contributed by atoms with Crippen LogP contribution in [0.25, 0.3) is 11.2 Å². The van der Waals surface area contributed by atoms with Crippen LogP contribution < -0.4 is 0 Å². The van der Waals surface area contributed by atoms with Gasteiger partial charge >= 0.3 is 5.97 Å². The number of carboxylic acid groups (broad SMARTS) is 1. The fourth-order valence-electron chi connectivity index (χ4n) is 1.84. The Labute approximate surface area is 103 Å². The van der Waals surface area contributed by atoms with Gasteiger partial charge in [0.05, 0.1) is 11.4 Å². The molecule has 2 aromatic heterocycles. The molecule has 0 bridgehead atoms. The molecule has 0 aliphatic heterocycles. The van der Waals surface area contributed by atoms with Gasteiger partial charge in [-0.15, -0.1) is 0 Å². The van der Waals surface area contributed by atoms with E-state index in [0.717, 1.165) is 28.6 Å². The van der Waals surface area contributed by atoms with Gasteiger partial charge in [0.15, 0.2) is 10.8 Å². The van der Waals surface area contributed by atoms with Crippen molar-refractivity contribution < 1.29 is 9.90 Å². The molecule has 2 rings (SSSR count). The maximum atomic E-state index is 10.6. The Balaban J connectivity index is 2.49. The molecule has 0 atom stereocenters. The average molecular weight is 254 g/mol. The van der Waals surface area contributed by atoms with Gasteiger partial charge in [0, 0.05) is 13.6 Å². The summed E-state index contributed by atoms with van der Waals surface area (Å²) in [6, 6.07) is 0. The molecular formula is C10H14N4O2S. The lowest BCUT2D eigenvalue weighted by Crippen LogP contribution is -2.04. The summed E-state index contributed by atoms with van der Waals surface area (Å²) in [5.74, 6) is -0.810. The lowest BCUT2D eigenvalue weighted by molar-refractivity contribution is -0.133. The maximum absolute atomic E-state index is 10.6. The minimum atomic E-state index is -0.834. The lowest BCUT2D eigenvalue weighted by Gasteiger charge is -2.04. The average Bonchev–Trinajstić information content (AvgIpc) is 2.75. The first kappa shape index (κ1) is 12.0. The number of aromatic nitrogens is 4. The van der Waals surface area contributed by atoms with Crippen molar-refractivity contribution in [1.29, 1.82) is 0 Å². The van der Waals surface area contributed by atoms with Crippen LogP contribution in [-0.4, -0.2) is 36.2 Å². The van der Waals surface area contributed by atoms with Gasteiger partial charge in [-0.2, -0.15) is 5.10 Å². The third-order valence-corrected chi connectivity index (χ3v) is 3.46. The molecule has 0 fully saturated rings. The number of aliphatic carboxylic acids is 1. The van der Waals surface area contributed by atoms with Crippen molar-refractivity contribution in [2.75, 3.05) is 5.75 Å². The number of carbonyl (C=O) groups is 1. The predicted octanol–water partition coefficient (Wildman–Crippen LogP) is 1.27. The zero-order chi connectivity index (χ0) is 12.6. The van der Waals surface area contributed by atoms with Crippen molar-refractivity contribution in [1.82, 2.24) is 19.3 Å². The molecule has 0 aliphatic rings. The molecule has 0 unspecified atom stereocenters. The van der Waals surface area contributed by atoms with Crippen LogP contribution in [0.5, 0.6) is 0 Å². The van der Waals surface area contributed by atoms with Gasteiger partial charge in [-0.25, -0.2) is 4.98 Å². The Morgan fingerprint density at radius 2 is 2.24 bits per heavy atom. The lowest BCUT2D eigenvalue weighted by atomic mass is 10.4. The first-order valence-corrected chi connectivity index (χ1v) is 6.27. The highest BCUT2D eigenvalue weighted by Crippen LogP contribution is 2.25. The molecule has 92 valence electrons. The van der Waals surface area contributed by atoms with Crippen molar-refractivity contribution in [3.05, 3.63) is 5.69 Å². The fraction of sp³-hybridized carbons (Fsp3) is 0.500. The summed E-state index contributed by atoms with van der Waals surface area (Å²) >= 11 is 1.24. The van der Waals surface area contributed by atoms with Crippen LogP contribution >= 0.6 is 11.8 Å². The Morgan fingerprint density at radius 3 is 2.82 bits per heavy atom. The van der Waals surface area contributed by atoms with E-state index in [4.69, 9.17) is 5.11 Å². The molecule has 0 saturated heterocycles. The van der Waals surface area contributed by atoms with Crippen molar-refractivity contribution in [3.8, 4) is 0 Å². The molecule has 0 saturated carbocycles. The van der Waals surface area contributed by atoms with Gasteiger partial charge in [-0.1, -0.05) is 11.8 Å². The zero-order valence-corrected chi connectivity index (χ0v) is 10.8. The number of imidazole rings is 1. The molecule has 0 amide bonds. The molecule has 0 aliphatic carbocycles. The highest BCUT2D eigenvalue weighted by atomic mass is 32.2. The third kappa shape index (κ3) is 2.02. The normalized spacial score (nSPS) is 11.2. The summed E-state index contributed by atoms with van der Waals surface area (Å²) in [5, 5.41) is 13.7. The van der Waals surface area contributed by atoms with E-state index in [9.17, 15) is 4.79 Å². The number of carboxylic acids is 1. The van der Waals surface area contributed by atoms with E-state index in [1.165, 1.54) is 11.8 Å². The predicted molar refractivity (Wildman–Crippen MR) is 65.3 cm³/mol. The van der Waals surface area contributed by atoms with Crippen molar-refractivity contribution >= 4 is 28.9 Å². The van der Waals surface area contributed by atoms with Crippen molar-refractivity contribution in [3.63, 3.8) is 0 Å². The van der Waals surface area contributed by atoms with Gasteiger partial charge in [-0.3, -0.25) is 9.48 Å². The number of aryl methyl sites for hydroxylation is 3. The van der Waals surface area contributed by atoms with Gasteiger partial charge in [0.1, 0.15) is 5.52 Å². The first-order valence-electron chi connectivity index (χ1n) is 5.29.